The lowest BCUT2D eigenvalue weighted by molar-refractivity contribution is 0.0764. The van der Waals surface area contributed by atoms with Crippen LogP contribution in [0.25, 0.3) is 0 Å². The highest BCUT2D eigenvalue weighted by molar-refractivity contribution is 5.46. The van der Waals surface area contributed by atoms with Gasteiger partial charge in [-0.1, -0.05) is 0 Å². The maximum absolute atomic E-state index is 8.78. The smallest absolute Gasteiger partial charge is 0.161 e. The zero-order valence-electron chi connectivity index (χ0n) is 8.63. The Morgan fingerprint density at radius 1 is 1.44 bits per heavy atom. The molecule has 0 saturated carbocycles. The third-order valence-corrected chi connectivity index (χ3v) is 2.44. The van der Waals surface area contributed by atoms with E-state index in [9.17, 15) is 0 Å². The first-order chi connectivity index (χ1) is 7.83. The molecular weight excluding hydrogens is 204 g/mol. The fraction of sp³-hybridized carbons (Fsp3) is 0.364. The standard InChI is InChI=1S/C11H10N4O/c12-5-9-1-2-10(7-14-9)15-3-4-16-11(6-13)8-15/h1-2,7,11H,3-4,8H2. The van der Waals surface area contributed by atoms with Crippen LogP contribution in [0, 0.1) is 22.7 Å². The third-order valence-electron chi connectivity index (χ3n) is 2.44. The van der Waals surface area contributed by atoms with Crippen molar-refractivity contribution in [1.82, 2.24) is 4.98 Å². The molecule has 5 heteroatoms. The van der Waals surface area contributed by atoms with E-state index < -0.39 is 0 Å². The van der Waals surface area contributed by atoms with Gasteiger partial charge < -0.3 is 9.64 Å². The molecule has 0 spiro atoms. The molecule has 16 heavy (non-hydrogen) atoms. The van der Waals surface area contributed by atoms with Crippen molar-refractivity contribution in [2.45, 2.75) is 6.10 Å². The van der Waals surface area contributed by atoms with Gasteiger partial charge in [0, 0.05) is 6.54 Å². The summed E-state index contributed by atoms with van der Waals surface area (Å²) in [5.41, 5.74) is 1.32. The monoisotopic (exact) mass is 214 g/mol. The lowest BCUT2D eigenvalue weighted by Gasteiger charge is -2.31. The maximum atomic E-state index is 8.78. The van der Waals surface area contributed by atoms with Crippen LogP contribution in [0.2, 0.25) is 0 Å². The molecule has 80 valence electrons. The van der Waals surface area contributed by atoms with Crippen LogP contribution in [-0.4, -0.2) is 30.8 Å². The molecule has 1 unspecified atom stereocenters. The van der Waals surface area contributed by atoms with Gasteiger partial charge in [0.15, 0.2) is 6.10 Å². The Bertz CT molecular complexity index is 443. The third kappa shape index (κ3) is 2.10. The molecule has 0 N–H and O–H groups in total. The first kappa shape index (κ1) is 10.4. The second-order valence-electron chi connectivity index (χ2n) is 3.45. The summed E-state index contributed by atoms with van der Waals surface area (Å²) < 4.78 is 5.25. The van der Waals surface area contributed by atoms with Crippen LogP contribution in [-0.2, 0) is 4.74 Å². The average Bonchev–Trinajstić information content (AvgIpc) is 2.39. The van der Waals surface area contributed by atoms with Gasteiger partial charge in [0.1, 0.15) is 11.8 Å². The molecule has 0 radical (unpaired) electrons. The number of morpholine rings is 1. The number of ether oxygens (including phenoxy) is 1. The summed E-state index contributed by atoms with van der Waals surface area (Å²) in [6.45, 7) is 1.83. The number of nitrogens with zero attached hydrogens (tertiary/aromatic N) is 4. The van der Waals surface area contributed by atoms with E-state index in [0.717, 1.165) is 12.2 Å². The normalized spacial score (nSPS) is 19.9. The number of nitriles is 2. The second-order valence-corrected chi connectivity index (χ2v) is 3.45. The molecule has 1 saturated heterocycles. The summed E-state index contributed by atoms with van der Waals surface area (Å²) in [7, 11) is 0. The SMILES string of the molecule is N#Cc1ccc(N2CCOC(C#N)C2)cn1. The molecule has 2 rings (SSSR count). The Balaban J connectivity index is 2.12. The van der Waals surface area contributed by atoms with Crippen molar-refractivity contribution >= 4 is 5.69 Å². The Morgan fingerprint density at radius 2 is 2.31 bits per heavy atom. The molecule has 1 aromatic rings. The summed E-state index contributed by atoms with van der Waals surface area (Å²) in [5.74, 6) is 0. The van der Waals surface area contributed by atoms with E-state index in [0.29, 0.717) is 18.8 Å². The number of anilines is 1. The summed E-state index contributed by atoms with van der Waals surface area (Å²) in [5, 5.41) is 17.4. The largest absolute Gasteiger partial charge is 0.364 e. The molecule has 1 fully saturated rings. The molecule has 2 heterocycles. The number of hydrogen-bond acceptors (Lipinski definition) is 5. The highest BCUT2D eigenvalue weighted by atomic mass is 16.5. The Kier molecular flexibility index (Phi) is 3.00. The van der Waals surface area contributed by atoms with Crippen LogP contribution >= 0.6 is 0 Å². The fourth-order valence-corrected chi connectivity index (χ4v) is 1.60. The number of pyridine rings is 1. The zero-order valence-corrected chi connectivity index (χ0v) is 8.63. The molecule has 0 aliphatic carbocycles. The van der Waals surface area contributed by atoms with Crippen LogP contribution in [0.5, 0.6) is 0 Å². The topological polar surface area (TPSA) is 72.9 Å². The molecule has 1 aliphatic rings. The summed E-state index contributed by atoms with van der Waals surface area (Å²) >= 11 is 0. The van der Waals surface area contributed by atoms with Crippen molar-refractivity contribution in [3.63, 3.8) is 0 Å². The Morgan fingerprint density at radius 3 is 2.94 bits per heavy atom. The quantitative estimate of drug-likeness (QED) is 0.687. The lowest BCUT2D eigenvalue weighted by Crippen LogP contribution is -2.41. The van der Waals surface area contributed by atoms with E-state index in [1.165, 1.54) is 0 Å². The van der Waals surface area contributed by atoms with Crippen molar-refractivity contribution < 1.29 is 4.74 Å². The van der Waals surface area contributed by atoms with Crippen molar-refractivity contribution in [3.05, 3.63) is 24.0 Å². The molecule has 1 atom stereocenters. The minimum absolute atomic E-state index is 0.385. The predicted molar refractivity (Wildman–Crippen MR) is 56.5 cm³/mol. The van der Waals surface area contributed by atoms with Crippen LogP contribution in [0.15, 0.2) is 18.3 Å². The molecule has 1 aliphatic heterocycles. The minimum Gasteiger partial charge on any atom is -0.364 e. The van der Waals surface area contributed by atoms with E-state index in [-0.39, 0.29) is 6.10 Å². The zero-order chi connectivity index (χ0) is 11.4. The first-order valence-corrected chi connectivity index (χ1v) is 4.96. The van der Waals surface area contributed by atoms with Crippen LogP contribution in [0.1, 0.15) is 5.69 Å². The number of hydrogen-bond donors (Lipinski definition) is 0. The summed E-state index contributed by atoms with van der Waals surface area (Å²) in [6.07, 6.45) is 1.27. The van der Waals surface area contributed by atoms with E-state index >= 15 is 0 Å². The number of rotatable bonds is 1. The van der Waals surface area contributed by atoms with E-state index in [1.807, 2.05) is 17.0 Å². The highest BCUT2D eigenvalue weighted by Crippen LogP contribution is 2.16. The summed E-state index contributed by atoms with van der Waals surface area (Å²) in [6, 6.07) is 7.57. The van der Waals surface area contributed by atoms with Gasteiger partial charge in [0.2, 0.25) is 0 Å². The van der Waals surface area contributed by atoms with Gasteiger partial charge in [-0.3, -0.25) is 0 Å². The van der Waals surface area contributed by atoms with Gasteiger partial charge in [-0.05, 0) is 12.1 Å². The van der Waals surface area contributed by atoms with Crippen molar-refractivity contribution in [2.24, 2.45) is 0 Å². The molecule has 0 aromatic carbocycles. The summed E-state index contributed by atoms with van der Waals surface area (Å²) in [4.78, 5) is 6.03. The molecule has 1 aromatic heterocycles. The van der Waals surface area contributed by atoms with Gasteiger partial charge >= 0.3 is 0 Å². The van der Waals surface area contributed by atoms with Crippen molar-refractivity contribution in [3.8, 4) is 12.1 Å². The fourth-order valence-electron chi connectivity index (χ4n) is 1.60. The molecule has 0 amide bonds. The molecule has 0 bridgehead atoms. The Labute approximate surface area is 93.5 Å². The first-order valence-electron chi connectivity index (χ1n) is 4.96. The van der Waals surface area contributed by atoms with Crippen molar-refractivity contribution in [1.29, 1.82) is 10.5 Å². The van der Waals surface area contributed by atoms with E-state index in [2.05, 4.69) is 11.1 Å². The van der Waals surface area contributed by atoms with Gasteiger partial charge in [0.05, 0.1) is 31.1 Å². The average molecular weight is 214 g/mol. The lowest BCUT2D eigenvalue weighted by atomic mass is 10.2. The highest BCUT2D eigenvalue weighted by Gasteiger charge is 2.20. The minimum atomic E-state index is -0.385. The van der Waals surface area contributed by atoms with E-state index in [1.54, 1.807) is 12.3 Å². The predicted octanol–water partition coefficient (Wildman–Crippen LogP) is 0.682. The number of aromatic nitrogens is 1. The molecule has 5 nitrogen and oxygen atoms in total. The Hall–Kier alpha value is -2.11. The van der Waals surface area contributed by atoms with Crippen LogP contribution in [0.4, 0.5) is 5.69 Å². The van der Waals surface area contributed by atoms with Gasteiger partial charge in [0.25, 0.3) is 0 Å². The van der Waals surface area contributed by atoms with Crippen LogP contribution < -0.4 is 4.90 Å². The van der Waals surface area contributed by atoms with Gasteiger partial charge in [-0.25, -0.2) is 4.98 Å². The van der Waals surface area contributed by atoms with Gasteiger partial charge in [-0.2, -0.15) is 10.5 Å². The maximum Gasteiger partial charge on any atom is 0.161 e. The van der Waals surface area contributed by atoms with Crippen molar-refractivity contribution in [2.75, 3.05) is 24.6 Å². The van der Waals surface area contributed by atoms with E-state index in [4.69, 9.17) is 15.3 Å². The van der Waals surface area contributed by atoms with Gasteiger partial charge in [-0.15, -0.1) is 0 Å². The molecular formula is C11H10N4O. The second kappa shape index (κ2) is 4.61. The van der Waals surface area contributed by atoms with Crippen LogP contribution in [0.3, 0.4) is 0 Å².